The lowest BCUT2D eigenvalue weighted by Gasteiger charge is -2.12. The Kier molecular flexibility index (Phi) is 3.79. The molecule has 0 unspecified atom stereocenters. The maximum absolute atomic E-state index is 5.83. The SMILES string of the molecule is CCc1ccccc1-c1nnc(CN)n1-c1ccccc1. The van der Waals surface area contributed by atoms with Gasteiger partial charge in [0.1, 0.15) is 0 Å². The van der Waals surface area contributed by atoms with Gasteiger partial charge in [0.2, 0.25) is 0 Å². The Morgan fingerprint density at radius 1 is 0.952 bits per heavy atom. The third-order valence-electron chi connectivity index (χ3n) is 3.57. The fourth-order valence-corrected chi connectivity index (χ4v) is 2.52. The number of benzene rings is 2. The fourth-order valence-electron chi connectivity index (χ4n) is 2.52. The van der Waals surface area contributed by atoms with E-state index < -0.39 is 0 Å². The van der Waals surface area contributed by atoms with E-state index in [2.05, 4.69) is 35.3 Å². The quantitative estimate of drug-likeness (QED) is 0.798. The standard InChI is InChI=1S/C17H18N4/c1-2-13-8-6-7-11-15(13)17-20-19-16(12-18)21(17)14-9-4-3-5-10-14/h3-11H,2,12,18H2,1H3. The van der Waals surface area contributed by atoms with Crippen LogP contribution >= 0.6 is 0 Å². The molecule has 0 aliphatic heterocycles. The maximum atomic E-state index is 5.83. The number of hydrogen-bond donors (Lipinski definition) is 1. The molecule has 4 heteroatoms. The molecule has 0 aliphatic carbocycles. The molecule has 0 saturated heterocycles. The van der Waals surface area contributed by atoms with E-state index in [1.165, 1.54) is 5.56 Å². The molecule has 0 atom stereocenters. The van der Waals surface area contributed by atoms with Crippen LogP contribution in [0.3, 0.4) is 0 Å². The van der Waals surface area contributed by atoms with Crippen molar-refractivity contribution < 1.29 is 0 Å². The van der Waals surface area contributed by atoms with Crippen LogP contribution in [-0.2, 0) is 13.0 Å². The molecule has 0 fully saturated rings. The van der Waals surface area contributed by atoms with Gasteiger partial charge in [-0.2, -0.15) is 0 Å². The second kappa shape index (κ2) is 5.89. The predicted octanol–water partition coefficient (Wildman–Crippen LogP) is 2.96. The van der Waals surface area contributed by atoms with Gasteiger partial charge in [-0.25, -0.2) is 0 Å². The second-order valence-corrected chi connectivity index (χ2v) is 4.83. The molecule has 0 aliphatic rings. The third kappa shape index (κ3) is 2.45. The predicted molar refractivity (Wildman–Crippen MR) is 84.1 cm³/mol. The first-order valence-electron chi connectivity index (χ1n) is 7.13. The Morgan fingerprint density at radius 2 is 1.67 bits per heavy atom. The minimum Gasteiger partial charge on any atom is -0.324 e. The summed E-state index contributed by atoms with van der Waals surface area (Å²) < 4.78 is 2.04. The summed E-state index contributed by atoms with van der Waals surface area (Å²) in [5.74, 6) is 1.61. The summed E-state index contributed by atoms with van der Waals surface area (Å²) in [6.07, 6.45) is 0.954. The number of aryl methyl sites for hydroxylation is 1. The average molecular weight is 278 g/mol. The van der Waals surface area contributed by atoms with Crippen LogP contribution in [0.4, 0.5) is 0 Å². The molecule has 3 rings (SSSR count). The zero-order valence-corrected chi connectivity index (χ0v) is 12.0. The molecule has 2 N–H and O–H groups in total. The second-order valence-electron chi connectivity index (χ2n) is 4.83. The Hall–Kier alpha value is -2.46. The van der Waals surface area contributed by atoms with Gasteiger partial charge in [-0.1, -0.05) is 49.4 Å². The molecule has 4 nitrogen and oxygen atoms in total. The molecule has 21 heavy (non-hydrogen) atoms. The van der Waals surface area contributed by atoms with Crippen LogP contribution in [0.2, 0.25) is 0 Å². The number of nitrogens with two attached hydrogens (primary N) is 1. The summed E-state index contributed by atoms with van der Waals surface area (Å²) >= 11 is 0. The largest absolute Gasteiger partial charge is 0.324 e. The van der Waals surface area contributed by atoms with Crippen LogP contribution in [0.5, 0.6) is 0 Å². The van der Waals surface area contributed by atoms with Crippen LogP contribution in [0.25, 0.3) is 17.1 Å². The van der Waals surface area contributed by atoms with Crippen LogP contribution in [0.1, 0.15) is 18.3 Å². The monoisotopic (exact) mass is 278 g/mol. The highest BCUT2D eigenvalue weighted by Crippen LogP contribution is 2.26. The Balaban J connectivity index is 2.23. The highest BCUT2D eigenvalue weighted by Gasteiger charge is 2.16. The lowest BCUT2D eigenvalue weighted by molar-refractivity contribution is 0.861. The summed E-state index contributed by atoms with van der Waals surface area (Å²) in [6.45, 7) is 2.50. The molecule has 0 saturated carbocycles. The fraction of sp³-hybridized carbons (Fsp3) is 0.176. The van der Waals surface area contributed by atoms with Crippen molar-refractivity contribution in [2.75, 3.05) is 0 Å². The molecule has 0 radical (unpaired) electrons. The third-order valence-corrected chi connectivity index (χ3v) is 3.57. The first-order valence-corrected chi connectivity index (χ1v) is 7.13. The Labute approximate surface area is 124 Å². The summed E-state index contributed by atoms with van der Waals surface area (Å²) in [5, 5.41) is 8.63. The number of para-hydroxylation sites is 1. The number of aromatic nitrogens is 3. The van der Waals surface area contributed by atoms with E-state index in [9.17, 15) is 0 Å². The van der Waals surface area contributed by atoms with Crippen molar-refractivity contribution in [1.82, 2.24) is 14.8 Å². The average Bonchev–Trinajstić information content (AvgIpc) is 2.99. The highest BCUT2D eigenvalue weighted by atomic mass is 15.3. The molecule has 1 aromatic heterocycles. The van der Waals surface area contributed by atoms with Crippen molar-refractivity contribution in [3.8, 4) is 17.1 Å². The minimum atomic E-state index is 0.357. The summed E-state index contributed by atoms with van der Waals surface area (Å²) in [6, 6.07) is 18.4. The first-order chi connectivity index (χ1) is 10.3. The smallest absolute Gasteiger partial charge is 0.168 e. The van der Waals surface area contributed by atoms with Gasteiger partial charge in [0.15, 0.2) is 11.6 Å². The molecule has 0 spiro atoms. The van der Waals surface area contributed by atoms with Gasteiger partial charge in [-0.05, 0) is 24.1 Å². The van der Waals surface area contributed by atoms with Crippen LogP contribution in [0.15, 0.2) is 54.6 Å². The van der Waals surface area contributed by atoms with Crippen molar-refractivity contribution in [1.29, 1.82) is 0 Å². The maximum Gasteiger partial charge on any atom is 0.168 e. The van der Waals surface area contributed by atoms with E-state index in [1.807, 2.05) is 41.0 Å². The van der Waals surface area contributed by atoms with E-state index in [1.54, 1.807) is 0 Å². The lowest BCUT2D eigenvalue weighted by Crippen LogP contribution is -2.08. The summed E-state index contributed by atoms with van der Waals surface area (Å²) in [5.41, 5.74) is 9.22. The van der Waals surface area contributed by atoms with Crippen molar-refractivity contribution in [2.45, 2.75) is 19.9 Å². The molecule has 0 amide bonds. The van der Waals surface area contributed by atoms with E-state index in [0.717, 1.165) is 29.3 Å². The first kappa shape index (κ1) is 13.5. The normalized spacial score (nSPS) is 10.8. The van der Waals surface area contributed by atoms with E-state index in [-0.39, 0.29) is 0 Å². The van der Waals surface area contributed by atoms with Crippen molar-refractivity contribution in [3.05, 3.63) is 66.0 Å². The Morgan fingerprint density at radius 3 is 2.38 bits per heavy atom. The zero-order chi connectivity index (χ0) is 14.7. The topological polar surface area (TPSA) is 56.7 Å². The molecule has 2 aromatic carbocycles. The minimum absolute atomic E-state index is 0.357. The van der Waals surface area contributed by atoms with E-state index in [0.29, 0.717) is 6.54 Å². The van der Waals surface area contributed by atoms with Crippen LogP contribution in [-0.4, -0.2) is 14.8 Å². The highest BCUT2D eigenvalue weighted by molar-refractivity contribution is 5.63. The Bertz CT molecular complexity index is 732. The summed E-state index contributed by atoms with van der Waals surface area (Å²) in [4.78, 5) is 0. The lowest BCUT2D eigenvalue weighted by atomic mass is 10.0. The molecule has 0 bridgehead atoms. The van der Waals surface area contributed by atoms with Crippen molar-refractivity contribution in [3.63, 3.8) is 0 Å². The van der Waals surface area contributed by atoms with Gasteiger partial charge in [0, 0.05) is 11.3 Å². The molecular formula is C17H18N4. The van der Waals surface area contributed by atoms with Crippen LogP contribution in [0, 0.1) is 0 Å². The molecular weight excluding hydrogens is 260 g/mol. The van der Waals surface area contributed by atoms with Gasteiger partial charge in [0.25, 0.3) is 0 Å². The molecule has 3 aromatic rings. The van der Waals surface area contributed by atoms with Crippen molar-refractivity contribution >= 4 is 0 Å². The van der Waals surface area contributed by atoms with Gasteiger partial charge in [-0.15, -0.1) is 10.2 Å². The number of rotatable bonds is 4. The molecule has 106 valence electrons. The number of hydrogen-bond acceptors (Lipinski definition) is 3. The van der Waals surface area contributed by atoms with E-state index >= 15 is 0 Å². The van der Waals surface area contributed by atoms with Gasteiger partial charge in [0.05, 0.1) is 6.54 Å². The van der Waals surface area contributed by atoms with Crippen molar-refractivity contribution in [2.24, 2.45) is 5.73 Å². The zero-order valence-electron chi connectivity index (χ0n) is 12.0. The number of nitrogens with zero attached hydrogens (tertiary/aromatic N) is 3. The van der Waals surface area contributed by atoms with E-state index in [4.69, 9.17) is 5.73 Å². The summed E-state index contributed by atoms with van der Waals surface area (Å²) in [7, 11) is 0. The van der Waals surface area contributed by atoms with Gasteiger partial charge < -0.3 is 5.73 Å². The van der Waals surface area contributed by atoms with Crippen LogP contribution < -0.4 is 5.73 Å². The van der Waals surface area contributed by atoms with Gasteiger partial charge >= 0.3 is 0 Å². The molecule has 1 heterocycles. The van der Waals surface area contributed by atoms with Gasteiger partial charge in [-0.3, -0.25) is 4.57 Å².